The molecule has 4 aromatic carbocycles. The highest BCUT2D eigenvalue weighted by molar-refractivity contribution is 8.76. The van der Waals surface area contributed by atoms with Crippen molar-refractivity contribution >= 4 is 81.1 Å². The molecule has 0 radical (unpaired) electrons. The van der Waals surface area contributed by atoms with Crippen LogP contribution in [-0.2, 0) is 29.1 Å². The van der Waals surface area contributed by atoms with Crippen molar-refractivity contribution in [2.24, 2.45) is 45.9 Å². The first kappa shape index (κ1) is 75.7. The predicted molar refractivity (Wildman–Crippen MR) is 368 cm³/mol. The van der Waals surface area contributed by atoms with Crippen LogP contribution in [0, 0.1) is 43.3 Å². The Morgan fingerprint density at radius 2 is 0.660 bits per heavy atom. The van der Waals surface area contributed by atoms with E-state index in [1.54, 1.807) is 36.4 Å². The number of amides is 2. The van der Waals surface area contributed by atoms with E-state index in [9.17, 15) is 9.59 Å². The van der Waals surface area contributed by atoms with Crippen molar-refractivity contribution in [1.82, 2.24) is 53.2 Å². The molecule has 0 aliphatic carbocycles. The summed E-state index contributed by atoms with van der Waals surface area (Å²) in [5.41, 5.74) is 48.7. The first-order valence-corrected chi connectivity index (χ1v) is 32.0. The lowest BCUT2D eigenvalue weighted by Gasteiger charge is -2.22. The van der Waals surface area contributed by atoms with Crippen LogP contribution in [0.5, 0.6) is 40.2 Å². The number of nitrogens with two attached hydrogens (primary N) is 8. The van der Waals surface area contributed by atoms with E-state index in [1.807, 2.05) is 24.3 Å². The number of hydrogen-bond donors (Lipinski definition) is 26. The van der Waals surface area contributed by atoms with E-state index < -0.39 is 0 Å². The van der Waals surface area contributed by atoms with E-state index in [2.05, 4.69) is 53.2 Å². The average molecular weight is 1350 g/mol. The highest BCUT2D eigenvalue weighted by Gasteiger charge is 2.24. The Balaban J connectivity index is 1.53. The third kappa shape index (κ3) is 29.9. The van der Waals surface area contributed by atoms with Crippen molar-refractivity contribution in [1.29, 1.82) is 43.3 Å². The topological polar surface area (TPSA) is 618 Å². The Bertz CT molecular complexity index is 2990. The van der Waals surface area contributed by atoms with Crippen LogP contribution in [0.2, 0.25) is 0 Å². The summed E-state index contributed by atoms with van der Waals surface area (Å²) in [5.74, 6) is 0.787. The largest absolute Gasteiger partial charge is 0.491 e. The molecule has 94 heavy (non-hydrogen) atoms. The number of nitrogens with one attached hydrogen (secondary N) is 18. The molecule has 0 heterocycles. The molecule has 0 fully saturated rings. The van der Waals surface area contributed by atoms with Crippen LogP contribution >= 0.6 is 21.6 Å². The number of carbonyl (C=O) groups is 2. The molecule has 0 saturated heterocycles. The summed E-state index contributed by atoms with van der Waals surface area (Å²) in [6, 6.07) is 17.9. The summed E-state index contributed by atoms with van der Waals surface area (Å²) in [6.07, 6.45) is 1.28. The van der Waals surface area contributed by atoms with Gasteiger partial charge in [0.15, 0.2) is 82.2 Å². The van der Waals surface area contributed by atoms with Crippen LogP contribution in [0.25, 0.3) is 22.3 Å². The molecule has 4 aromatic rings. The molecule has 4 rings (SSSR count). The van der Waals surface area contributed by atoms with Gasteiger partial charge >= 0.3 is 0 Å². The van der Waals surface area contributed by atoms with Crippen molar-refractivity contribution in [3.63, 3.8) is 0 Å². The number of benzene rings is 4. The van der Waals surface area contributed by atoms with E-state index in [4.69, 9.17) is 122 Å². The third-order valence-electron chi connectivity index (χ3n) is 12.4. The fourth-order valence-electron chi connectivity index (χ4n) is 8.49. The maximum absolute atomic E-state index is 13.5. The zero-order valence-electron chi connectivity index (χ0n) is 52.1. The Morgan fingerprint density at radius 1 is 0.351 bits per heavy atom. The second-order valence-electron chi connectivity index (χ2n) is 19.8. The van der Waals surface area contributed by atoms with Gasteiger partial charge < -0.3 is 132 Å². The minimum Gasteiger partial charge on any atom is -0.491 e. The molecule has 0 bridgehead atoms. The fourth-order valence-corrected chi connectivity index (χ4v) is 10.5. The Hall–Kier alpha value is -10.7. The highest BCUT2D eigenvalue weighted by atomic mass is 33.1. The summed E-state index contributed by atoms with van der Waals surface area (Å²) in [4.78, 5) is 27.0. The fraction of sp³-hybridized carbons (Fsp3) is 0.404. The van der Waals surface area contributed by atoms with Gasteiger partial charge in [-0.05, 0) is 65.9 Å². The van der Waals surface area contributed by atoms with Gasteiger partial charge in [-0.15, -0.1) is 0 Å². The summed E-state index contributed by atoms with van der Waals surface area (Å²) < 4.78 is 44.0. The second-order valence-corrected chi connectivity index (χ2v) is 22.5. The Labute approximate surface area is 552 Å². The van der Waals surface area contributed by atoms with Crippen molar-refractivity contribution < 1.29 is 42.7 Å². The van der Waals surface area contributed by atoms with E-state index in [-0.39, 0.29) is 195 Å². The van der Waals surface area contributed by atoms with Gasteiger partial charge in [0, 0.05) is 66.2 Å². The zero-order chi connectivity index (χ0) is 68.6. The molecule has 34 N–H and O–H groups in total. The number of ether oxygens (including phenoxy) is 7. The first-order valence-electron chi connectivity index (χ1n) is 29.5. The molecule has 0 aliphatic heterocycles. The lowest BCUT2D eigenvalue weighted by molar-refractivity contribution is -0.121. The van der Waals surface area contributed by atoms with Crippen LogP contribution in [0.3, 0.4) is 0 Å². The van der Waals surface area contributed by atoms with Gasteiger partial charge in [0.2, 0.25) is 11.8 Å². The molecule has 514 valence electrons. The van der Waals surface area contributed by atoms with Crippen LogP contribution in [0.1, 0.15) is 36.0 Å². The van der Waals surface area contributed by atoms with Crippen molar-refractivity contribution in [2.75, 3.05) is 110 Å². The lowest BCUT2D eigenvalue weighted by atomic mass is 9.93. The van der Waals surface area contributed by atoms with Crippen molar-refractivity contribution in [3.05, 3.63) is 77.4 Å². The number of carbonyl (C=O) groups excluding carboxylic acids is 2. The van der Waals surface area contributed by atoms with E-state index >= 15 is 0 Å². The molecule has 0 unspecified atom stereocenters. The van der Waals surface area contributed by atoms with Crippen LogP contribution in [0.15, 0.2) is 60.7 Å². The van der Waals surface area contributed by atoms with E-state index in [0.29, 0.717) is 87.3 Å². The minimum absolute atomic E-state index is 0.0250. The van der Waals surface area contributed by atoms with Crippen LogP contribution < -0.4 is 132 Å². The monoisotopic (exact) mass is 1350 g/mol. The summed E-state index contributed by atoms with van der Waals surface area (Å²) >= 11 is 0. The number of para-hydroxylation sites is 1. The molecule has 0 aromatic heterocycles. The number of hydrogen-bond acceptors (Lipinski definition) is 19. The SMILES string of the molecule is N=C(N)NCCCc1c(OCCNC(=N)N)cccc1-c1cc(CNC(=O)CCSSCCC(=O)NCc2cc(OCCNC(=N)N)c(OCCNC(=N)N)c(-c3cccc(OCCNC(=N)N)c3OCCNC(=N)N)c2)cc(OCCNC(=N)N)c1OCCNC(=N)N. The van der Waals surface area contributed by atoms with Gasteiger partial charge in [-0.3, -0.25) is 52.9 Å². The maximum Gasteiger partial charge on any atom is 0.221 e. The smallest absolute Gasteiger partial charge is 0.221 e. The summed E-state index contributed by atoms with van der Waals surface area (Å²) in [7, 11) is 2.87. The van der Waals surface area contributed by atoms with Crippen molar-refractivity contribution in [3.8, 4) is 62.5 Å². The molecule has 0 saturated carbocycles. The maximum atomic E-state index is 13.5. The quantitative estimate of drug-likeness (QED) is 0.0104. The molecule has 0 spiro atoms. The molecule has 0 atom stereocenters. The minimum atomic E-state index is -0.260. The van der Waals surface area contributed by atoms with Gasteiger partial charge in [0.1, 0.15) is 52.0 Å². The van der Waals surface area contributed by atoms with Gasteiger partial charge in [-0.1, -0.05) is 45.9 Å². The third-order valence-corrected chi connectivity index (χ3v) is 14.8. The van der Waals surface area contributed by atoms with Gasteiger partial charge in [-0.25, -0.2) is 0 Å². The number of guanidine groups is 8. The first-order chi connectivity index (χ1) is 45.1. The van der Waals surface area contributed by atoms with E-state index in [0.717, 1.165) is 5.56 Å². The second kappa shape index (κ2) is 42.4. The lowest BCUT2D eigenvalue weighted by Crippen LogP contribution is -2.34. The normalized spacial score (nSPS) is 10.5. The highest BCUT2D eigenvalue weighted by Crippen LogP contribution is 2.47. The number of rotatable bonds is 45. The van der Waals surface area contributed by atoms with Crippen LogP contribution in [-0.4, -0.2) is 170 Å². The van der Waals surface area contributed by atoms with Gasteiger partial charge in [0.05, 0.1) is 45.8 Å². The van der Waals surface area contributed by atoms with Gasteiger partial charge in [0.25, 0.3) is 0 Å². The van der Waals surface area contributed by atoms with Crippen LogP contribution in [0.4, 0.5) is 0 Å². The summed E-state index contributed by atoms with van der Waals surface area (Å²) in [5, 5.41) is 88.9. The Morgan fingerprint density at radius 3 is 1.04 bits per heavy atom. The van der Waals surface area contributed by atoms with E-state index in [1.165, 1.54) is 21.6 Å². The molecule has 37 heteroatoms. The average Bonchev–Trinajstić information content (AvgIpc) is 0.793. The van der Waals surface area contributed by atoms with Crippen molar-refractivity contribution in [2.45, 2.75) is 38.8 Å². The summed E-state index contributed by atoms with van der Waals surface area (Å²) in [6.45, 7) is 2.31. The molecule has 0 aliphatic rings. The molecule has 35 nitrogen and oxygen atoms in total. The predicted octanol–water partition coefficient (Wildman–Crippen LogP) is -1.44. The molecular formula is C57H90N26O9S2. The molecular weight excluding hydrogens is 1260 g/mol. The Kier molecular flexibility index (Phi) is 34.1. The molecule has 2 amide bonds. The van der Waals surface area contributed by atoms with Gasteiger partial charge in [-0.2, -0.15) is 0 Å². The zero-order valence-corrected chi connectivity index (χ0v) is 53.8. The standard InChI is InChI=1S/C57H90N26O9S2/c58-50(59)74-11-3-6-37-36(4-1-7-41(37)86-19-12-75-51(60)61)39-28-34(30-43(88-21-14-77-53(64)65)48(39)91-24-17-80-56(70)71)32-82-45(84)9-26-93-94-27-10-46(85)83-33-35-29-40(49(92-25-18-81-57(72)73)44(31-35)89-22-15-78-54(66)67)38-5-2-8-42(87-20-13-76-52(62)63)47(38)90-23-16-79-55(68)69/h1-2,4-5,7-8,28-31H,3,6,9-27,32-33H2,(H,82,84)(H,83,85)(H4,58,59,74)(H4,60,61,75)(H4,62,63,76)(H4,64,65,77)(H4,66,67,78)(H4,68,69,79)(H4,70,71,80)(H4,72,73,81).